The summed E-state index contributed by atoms with van der Waals surface area (Å²) in [5.74, 6) is 1.76. The van der Waals surface area contributed by atoms with Crippen molar-refractivity contribution < 1.29 is 0 Å². The fourth-order valence-corrected chi connectivity index (χ4v) is 9.77. The highest BCUT2D eigenvalue weighted by atomic mass is 15.2. The topological polar surface area (TPSA) is 61.4 Å². The van der Waals surface area contributed by atoms with Gasteiger partial charge in [0.05, 0.1) is 39.1 Å². The summed E-state index contributed by atoms with van der Waals surface area (Å²) < 4.78 is 4.64. The summed E-state index contributed by atoms with van der Waals surface area (Å²) in [6.45, 7) is 0. The second kappa shape index (κ2) is 16.3. The van der Waals surface area contributed by atoms with E-state index in [9.17, 15) is 0 Å². The Morgan fingerprint density at radius 2 is 0.676 bits per heavy atom. The zero-order valence-electron chi connectivity index (χ0n) is 36.8. The van der Waals surface area contributed by atoms with Gasteiger partial charge in [0.1, 0.15) is 0 Å². The fourth-order valence-electron chi connectivity index (χ4n) is 9.77. The minimum absolute atomic E-state index is 0.549. The Morgan fingerprint density at radius 3 is 1.26 bits per heavy atom. The minimum Gasteiger partial charge on any atom is -0.309 e. The monoisotopic (exact) mass is 868 g/mol. The lowest BCUT2D eigenvalue weighted by Gasteiger charge is -2.16. The van der Waals surface area contributed by atoms with Gasteiger partial charge in [-0.3, -0.25) is 4.57 Å². The number of nitrogens with zero attached hydrogens (tertiary/aromatic N) is 6. The molecule has 0 bridgehead atoms. The smallest absolute Gasteiger partial charge is 0.238 e. The Hall–Kier alpha value is -9.26. The molecule has 4 aromatic heterocycles. The van der Waals surface area contributed by atoms with E-state index in [2.05, 4.69) is 215 Å². The number of pyridine rings is 1. The Balaban J connectivity index is 1.05. The maximum atomic E-state index is 5.33. The molecular weight excluding hydrogens is 829 g/mol. The van der Waals surface area contributed by atoms with Crippen LogP contribution in [0.4, 0.5) is 0 Å². The molecule has 6 nitrogen and oxygen atoms in total. The molecule has 0 spiro atoms. The molecule has 0 radical (unpaired) electrons. The molecule has 0 unspecified atom stereocenters. The first kappa shape index (κ1) is 39.1. The number of benzene rings is 9. The standard InChI is InChI=1S/C62H40N6/c1-5-19-41(20-6-1)42-33-35-46(36-34-42)61-64-60(45-25-11-4-12-26-45)65-62(66-61)68-57-32-18-15-29-50(57)52-39-51-49-28-14-17-31-56(49)67(58(51)40-59(52)68)55-30-16-13-27-48(55)47-37-53(43-21-7-2-8-22-43)63-54(38-47)44-23-9-3-10-24-44/h1-40H. The zero-order valence-corrected chi connectivity index (χ0v) is 36.8. The first-order chi connectivity index (χ1) is 33.7. The van der Waals surface area contributed by atoms with Crippen molar-refractivity contribution in [2.45, 2.75) is 0 Å². The average molecular weight is 869 g/mol. The van der Waals surface area contributed by atoms with Crippen LogP contribution in [0.25, 0.3) is 123 Å². The van der Waals surface area contributed by atoms with Crippen LogP contribution in [0.15, 0.2) is 243 Å². The third-order valence-electron chi connectivity index (χ3n) is 13.0. The van der Waals surface area contributed by atoms with Gasteiger partial charge < -0.3 is 4.57 Å². The Morgan fingerprint density at radius 1 is 0.250 bits per heavy atom. The van der Waals surface area contributed by atoms with Crippen LogP contribution in [-0.4, -0.2) is 29.1 Å². The van der Waals surface area contributed by atoms with E-state index in [-0.39, 0.29) is 0 Å². The van der Waals surface area contributed by atoms with Crippen molar-refractivity contribution in [3.05, 3.63) is 243 Å². The van der Waals surface area contributed by atoms with E-state index in [0.29, 0.717) is 17.6 Å². The van der Waals surface area contributed by atoms with E-state index >= 15 is 0 Å². The summed E-state index contributed by atoms with van der Waals surface area (Å²) >= 11 is 0. The lowest BCUT2D eigenvalue weighted by Crippen LogP contribution is -2.06. The number of para-hydroxylation sites is 3. The first-order valence-corrected chi connectivity index (χ1v) is 22.9. The molecule has 0 aliphatic carbocycles. The molecule has 0 amide bonds. The molecule has 0 aliphatic rings. The average Bonchev–Trinajstić information content (AvgIpc) is 3.92. The first-order valence-electron chi connectivity index (χ1n) is 22.9. The molecule has 318 valence electrons. The summed E-state index contributed by atoms with van der Waals surface area (Å²) in [5, 5.41) is 4.58. The van der Waals surface area contributed by atoms with Crippen LogP contribution in [0.5, 0.6) is 0 Å². The van der Waals surface area contributed by atoms with Crippen molar-refractivity contribution in [1.29, 1.82) is 0 Å². The van der Waals surface area contributed by atoms with Gasteiger partial charge in [0.2, 0.25) is 5.95 Å². The quantitative estimate of drug-likeness (QED) is 0.153. The SMILES string of the molecule is c1ccc(-c2ccc(-c3nc(-c4ccccc4)nc(-n4c5ccccc5c5cc6c7ccccc7n(-c7ccccc7-c7cc(-c8ccccc8)nc(-c8ccccc8)c7)c6cc54)n3)cc2)cc1. The van der Waals surface area contributed by atoms with Crippen LogP contribution in [0.2, 0.25) is 0 Å². The highest BCUT2D eigenvalue weighted by molar-refractivity contribution is 6.19. The van der Waals surface area contributed by atoms with Gasteiger partial charge in [0.15, 0.2) is 11.6 Å². The van der Waals surface area contributed by atoms with Crippen molar-refractivity contribution in [3.63, 3.8) is 0 Å². The van der Waals surface area contributed by atoms with Crippen molar-refractivity contribution >= 4 is 43.6 Å². The van der Waals surface area contributed by atoms with E-state index < -0.39 is 0 Å². The lowest BCUT2D eigenvalue weighted by molar-refractivity contribution is 0.953. The van der Waals surface area contributed by atoms with E-state index in [0.717, 1.165) is 99.8 Å². The minimum atomic E-state index is 0.549. The molecule has 4 heterocycles. The van der Waals surface area contributed by atoms with E-state index in [4.69, 9.17) is 19.9 Å². The molecule has 0 fully saturated rings. The highest BCUT2D eigenvalue weighted by Gasteiger charge is 2.23. The predicted molar refractivity (Wildman–Crippen MR) is 279 cm³/mol. The molecule has 6 heteroatoms. The van der Waals surface area contributed by atoms with Crippen molar-refractivity contribution in [2.24, 2.45) is 0 Å². The third kappa shape index (κ3) is 6.74. The van der Waals surface area contributed by atoms with Gasteiger partial charge in [-0.05, 0) is 59.2 Å². The molecular formula is C62H40N6. The number of fused-ring (bicyclic) bond motifs is 6. The van der Waals surface area contributed by atoms with E-state index in [1.165, 1.54) is 5.39 Å². The Bertz CT molecular complexity index is 3930. The maximum absolute atomic E-state index is 5.33. The third-order valence-corrected chi connectivity index (χ3v) is 13.0. The normalized spacial score (nSPS) is 11.5. The highest BCUT2D eigenvalue weighted by Crippen LogP contribution is 2.42. The van der Waals surface area contributed by atoms with Crippen LogP contribution in [0.1, 0.15) is 0 Å². The predicted octanol–water partition coefficient (Wildman–Crippen LogP) is 15.5. The van der Waals surface area contributed by atoms with E-state index in [1.807, 2.05) is 36.4 Å². The fraction of sp³-hybridized carbons (Fsp3) is 0. The molecule has 0 N–H and O–H groups in total. The molecule has 0 aliphatic heterocycles. The van der Waals surface area contributed by atoms with Gasteiger partial charge in [0.25, 0.3) is 0 Å². The van der Waals surface area contributed by atoms with Gasteiger partial charge >= 0.3 is 0 Å². The molecule has 13 aromatic rings. The second-order valence-corrected chi connectivity index (χ2v) is 17.1. The van der Waals surface area contributed by atoms with Crippen molar-refractivity contribution in [2.75, 3.05) is 0 Å². The molecule has 13 rings (SSSR count). The van der Waals surface area contributed by atoms with Gasteiger partial charge in [-0.1, -0.05) is 200 Å². The maximum Gasteiger partial charge on any atom is 0.238 e. The van der Waals surface area contributed by atoms with Crippen molar-refractivity contribution in [1.82, 2.24) is 29.1 Å². The van der Waals surface area contributed by atoms with Crippen LogP contribution >= 0.6 is 0 Å². The number of rotatable bonds is 8. The van der Waals surface area contributed by atoms with Crippen molar-refractivity contribution in [3.8, 4) is 79.2 Å². The molecule has 9 aromatic carbocycles. The summed E-state index contributed by atoms with van der Waals surface area (Å²) in [7, 11) is 0. The second-order valence-electron chi connectivity index (χ2n) is 17.1. The van der Waals surface area contributed by atoms with Gasteiger partial charge in [-0.2, -0.15) is 9.97 Å². The number of hydrogen-bond donors (Lipinski definition) is 0. The Kier molecular flexibility index (Phi) is 9.39. The summed E-state index contributed by atoms with van der Waals surface area (Å²) in [4.78, 5) is 21.0. The summed E-state index contributed by atoms with van der Waals surface area (Å²) in [5.41, 5.74) is 15.5. The number of hydrogen-bond acceptors (Lipinski definition) is 4. The van der Waals surface area contributed by atoms with Gasteiger partial charge in [-0.25, -0.2) is 9.97 Å². The van der Waals surface area contributed by atoms with Gasteiger partial charge in [-0.15, -0.1) is 0 Å². The number of aromatic nitrogens is 6. The lowest BCUT2D eigenvalue weighted by atomic mass is 9.98. The molecule has 0 saturated carbocycles. The Labute approximate surface area is 392 Å². The summed E-state index contributed by atoms with van der Waals surface area (Å²) in [6.07, 6.45) is 0. The van der Waals surface area contributed by atoms with Gasteiger partial charge in [0, 0.05) is 49.4 Å². The summed E-state index contributed by atoms with van der Waals surface area (Å²) in [6, 6.07) is 85.2. The molecule has 0 atom stereocenters. The van der Waals surface area contributed by atoms with Crippen LogP contribution in [-0.2, 0) is 0 Å². The molecule has 0 saturated heterocycles. The van der Waals surface area contributed by atoms with Crippen LogP contribution in [0, 0.1) is 0 Å². The zero-order chi connectivity index (χ0) is 45.0. The molecule has 68 heavy (non-hydrogen) atoms. The largest absolute Gasteiger partial charge is 0.309 e. The van der Waals surface area contributed by atoms with Crippen LogP contribution < -0.4 is 0 Å². The van der Waals surface area contributed by atoms with Crippen LogP contribution in [0.3, 0.4) is 0 Å². The van der Waals surface area contributed by atoms with E-state index in [1.54, 1.807) is 0 Å².